The van der Waals surface area contributed by atoms with Crippen molar-refractivity contribution >= 4 is 0 Å². The molecule has 0 saturated heterocycles. The molecule has 0 spiro atoms. The highest BCUT2D eigenvalue weighted by atomic mass is 16.5. The molecule has 2 aromatic heterocycles. The molecule has 0 unspecified atom stereocenters. The third-order valence-electron chi connectivity index (χ3n) is 5.00. The Bertz CT molecular complexity index is 957. The summed E-state index contributed by atoms with van der Waals surface area (Å²) in [6, 6.07) is 14.3. The van der Waals surface area contributed by atoms with E-state index in [9.17, 15) is 0 Å². The maximum Gasteiger partial charge on any atom is 0.137 e. The summed E-state index contributed by atoms with van der Waals surface area (Å²) >= 11 is 0. The summed E-state index contributed by atoms with van der Waals surface area (Å²) < 4.78 is 13.5. The third-order valence-corrected chi connectivity index (χ3v) is 5.00. The van der Waals surface area contributed by atoms with Gasteiger partial charge < -0.3 is 18.9 Å². The van der Waals surface area contributed by atoms with Crippen molar-refractivity contribution in [3.63, 3.8) is 0 Å². The fraction of sp³-hybridized carbons (Fsp3) is 0.333. The first kappa shape index (κ1) is 20.9. The maximum atomic E-state index is 5.71. The summed E-state index contributed by atoms with van der Waals surface area (Å²) in [6.07, 6.45) is 3.12. The van der Waals surface area contributed by atoms with Crippen molar-refractivity contribution in [3.05, 3.63) is 65.8 Å². The highest BCUT2D eigenvalue weighted by Gasteiger charge is 2.15. The van der Waals surface area contributed by atoms with Crippen LogP contribution in [0.2, 0.25) is 0 Å². The molecule has 0 saturated carbocycles. The van der Waals surface area contributed by atoms with Gasteiger partial charge >= 0.3 is 0 Å². The van der Waals surface area contributed by atoms with Gasteiger partial charge in [0.05, 0.1) is 19.9 Å². The van der Waals surface area contributed by atoms with Gasteiger partial charge in [0.15, 0.2) is 0 Å². The Morgan fingerprint density at radius 3 is 2.28 bits per heavy atom. The number of pyridine rings is 1. The molecular formula is C24H30N3O2. The quantitative estimate of drug-likeness (QED) is 0.558. The standard InChI is InChI=1S/C24H30N3O2/c1-17-12-13-18(2)27(17)24-11-7-10-21(25-24)20-16-22(28-5)19(15-23(20)29-6)9-8-14-26(3)4/h7,9-13,15-16H,8,14H2,1-6H3. The number of ether oxygens (including phenoxy) is 2. The Balaban J connectivity index is 2.01. The molecule has 3 aromatic rings. The summed E-state index contributed by atoms with van der Waals surface area (Å²) in [5.74, 6) is 2.50. The number of hydrogen-bond donors (Lipinski definition) is 0. The first-order valence-electron chi connectivity index (χ1n) is 9.81. The van der Waals surface area contributed by atoms with E-state index >= 15 is 0 Å². The number of nitrogens with zero attached hydrogens (tertiary/aromatic N) is 3. The van der Waals surface area contributed by atoms with E-state index in [0.29, 0.717) is 0 Å². The molecular weight excluding hydrogens is 362 g/mol. The predicted molar refractivity (Wildman–Crippen MR) is 118 cm³/mol. The molecule has 3 rings (SSSR count). The van der Waals surface area contributed by atoms with Gasteiger partial charge in [-0.3, -0.25) is 0 Å². The molecule has 0 aliphatic carbocycles. The van der Waals surface area contributed by atoms with Crippen molar-refractivity contribution in [2.45, 2.75) is 20.3 Å². The Morgan fingerprint density at radius 1 is 0.966 bits per heavy atom. The molecule has 29 heavy (non-hydrogen) atoms. The van der Waals surface area contributed by atoms with Crippen molar-refractivity contribution in [2.75, 3.05) is 34.9 Å². The molecule has 153 valence electrons. The van der Waals surface area contributed by atoms with E-state index in [1.807, 2.05) is 30.3 Å². The lowest BCUT2D eigenvalue weighted by molar-refractivity contribution is 0.398. The topological polar surface area (TPSA) is 39.5 Å². The highest BCUT2D eigenvalue weighted by Crippen LogP contribution is 2.36. The van der Waals surface area contributed by atoms with Gasteiger partial charge in [0.25, 0.3) is 0 Å². The fourth-order valence-corrected chi connectivity index (χ4v) is 3.49. The molecule has 1 aromatic carbocycles. The molecule has 5 heteroatoms. The van der Waals surface area contributed by atoms with Crippen LogP contribution in [0.15, 0.2) is 42.5 Å². The average molecular weight is 393 g/mol. The van der Waals surface area contributed by atoms with Gasteiger partial charge in [-0.2, -0.15) is 0 Å². The predicted octanol–water partition coefficient (Wildman–Crippen LogP) is 4.68. The first-order chi connectivity index (χ1) is 13.9. The largest absolute Gasteiger partial charge is 0.496 e. The number of benzene rings is 1. The third kappa shape index (κ3) is 4.62. The molecule has 0 fully saturated rings. The zero-order valence-corrected chi connectivity index (χ0v) is 18.2. The Labute approximate surface area is 173 Å². The van der Waals surface area contributed by atoms with Crippen molar-refractivity contribution in [1.82, 2.24) is 14.5 Å². The number of hydrogen-bond acceptors (Lipinski definition) is 4. The van der Waals surface area contributed by atoms with Crippen LogP contribution in [0.25, 0.3) is 17.1 Å². The van der Waals surface area contributed by atoms with Crippen LogP contribution in [-0.2, 0) is 0 Å². The van der Waals surface area contributed by atoms with Crippen LogP contribution in [0.3, 0.4) is 0 Å². The summed E-state index contributed by atoms with van der Waals surface area (Å²) in [4.78, 5) is 7.08. The molecule has 0 aliphatic heterocycles. The van der Waals surface area contributed by atoms with Crippen LogP contribution < -0.4 is 9.47 Å². The minimum atomic E-state index is 0.785. The molecule has 0 atom stereocenters. The van der Waals surface area contributed by atoms with Gasteiger partial charge in [-0.25, -0.2) is 4.98 Å². The van der Waals surface area contributed by atoms with Crippen LogP contribution in [0.1, 0.15) is 23.4 Å². The lowest BCUT2D eigenvalue weighted by atomic mass is 10.0. The van der Waals surface area contributed by atoms with Gasteiger partial charge in [-0.05, 0) is 83.7 Å². The average Bonchev–Trinajstić information content (AvgIpc) is 3.05. The molecule has 5 nitrogen and oxygen atoms in total. The first-order valence-corrected chi connectivity index (χ1v) is 9.81. The molecule has 0 N–H and O–H groups in total. The highest BCUT2D eigenvalue weighted by molar-refractivity contribution is 5.71. The van der Waals surface area contributed by atoms with Crippen LogP contribution in [0, 0.1) is 20.3 Å². The summed E-state index contributed by atoms with van der Waals surface area (Å²) in [5, 5.41) is 0. The lowest BCUT2D eigenvalue weighted by Gasteiger charge is -2.16. The Morgan fingerprint density at radius 2 is 1.66 bits per heavy atom. The summed E-state index contributed by atoms with van der Waals surface area (Å²) in [6.45, 7) is 5.15. The van der Waals surface area contributed by atoms with Gasteiger partial charge in [0.2, 0.25) is 0 Å². The van der Waals surface area contributed by atoms with E-state index < -0.39 is 0 Å². The van der Waals surface area contributed by atoms with Crippen molar-refractivity contribution in [1.29, 1.82) is 0 Å². The molecule has 2 heterocycles. The monoisotopic (exact) mass is 392 g/mol. The van der Waals surface area contributed by atoms with Crippen LogP contribution in [-0.4, -0.2) is 49.3 Å². The van der Waals surface area contributed by atoms with Crippen LogP contribution >= 0.6 is 0 Å². The van der Waals surface area contributed by atoms with E-state index in [1.54, 1.807) is 14.2 Å². The maximum absolute atomic E-state index is 5.71. The van der Waals surface area contributed by atoms with E-state index in [0.717, 1.165) is 58.5 Å². The molecule has 1 radical (unpaired) electrons. The zero-order chi connectivity index (χ0) is 21.0. The number of rotatable bonds is 8. The molecule has 0 amide bonds. The number of methoxy groups -OCH3 is 2. The smallest absolute Gasteiger partial charge is 0.137 e. The molecule has 0 bridgehead atoms. The normalized spacial score (nSPS) is 11.1. The fourth-order valence-electron chi connectivity index (χ4n) is 3.49. The van der Waals surface area contributed by atoms with Crippen LogP contribution in [0.5, 0.6) is 11.5 Å². The number of aryl methyl sites for hydroxylation is 2. The lowest BCUT2D eigenvalue weighted by Crippen LogP contribution is -2.13. The van der Waals surface area contributed by atoms with E-state index in [1.165, 1.54) is 0 Å². The molecule has 0 aliphatic rings. The van der Waals surface area contributed by atoms with Crippen molar-refractivity contribution < 1.29 is 9.47 Å². The van der Waals surface area contributed by atoms with Gasteiger partial charge in [0.1, 0.15) is 17.3 Å². The second kappa shape index (κ2) is 9.14. The Kier molecular flexibility index (Phi) is 6.60. The summed E-state index contributed by atoms with van der Waals surface area (Å²) in [5.41, 5.74) is 5.11. The zero-order valence-electron chi connectivity index (χ0n) is 18.2. The van der Waals surface area contributed by atoms with E-state index in [4.69, 9.17) is 14.5 Å². The van der Waals surface area contributed by atoms with E-state index in [-0.39, 0.29) is 0 Å². The van der Waals surface area contributed by atoms with E-state index in [2.05, 4.69) is 56.0 Å². The summed E-state index contributed by atoms with van der Waals surface area (Å²) in [7, 11) is 7.54. The second-order valence-corrected chi connectivity index (χ2v) is 7.42. The minimum Gasteiger partial charge on any atom is -0.496 e. The SMILES string of the molecule is COc1cc(-c2cccc(-n3c(C)ccc3C)n2)c(OC)cc1[CH]CCN(C)C. The second-order valence-electron chi connectivity index (χ2n) is 7.42. The van der Waals surface area contributed by atoms with Gasteiger partial charge in [-0.15, -0.1) is 0 Å². The van der Waals surface area contributed by atoms with Crippen molar-refractivity contribution in [3.8, 4) is 28.6 Å². The van der Waals surface area contributed by atoms with Crippen molar-refractivity contribution in [2.24, 2.45) is 0 Å². The number of aromatic nitrogens is 2. The van der Waals surface area contributed by atoms with Crippen LogP contribution in [0.4, 0.5) is 0 Å². The van der Waals surface area contributed by atoms with Gasteiger partial charge in [0, 0.05) is 22.5 Å². The van der Waals surface area contributed by atoms with Gasteiger partial charge in [-0.1, -0.05) is 6.07 Å². The Hall–Kier alpha value is -2.79. The minimum absolute atomic E-state index is 0.785.